The molecule has 0 saturated heterocycles. The highest BCUT2D eigenvalue weighted by molar-refractivity contribution is 7.89. The fourth-order valence-electron chi connectivity index (χ4n) is 1.77. The van der Waals surface area contributed by atoms with Crippen LogP contribution < -0.4 is 4.72 Å². The Hall–Kier alpha value is -0.350. The molecule has 1 N–H and O–H groups in total. The molecule has 0 aliphatic heterocycles. The highest BCUT2D eigenvalue weighted by Crippen LogP contribution is 2.24. The van der Waals surface area contributed by atoms with E-state index in [1.807, 2.05) is 0 Å². The van der Waals surface area contributed by atoms with Gasteiger partial charge in [-0.1, -0.05) is 13.0 Å². The molecule has 2 unspecified atom stereocenters. The van der Waals surface area contributed by atoms with Gasteiger partial charge in [0.25, 0.3) is 0 Å². The van der Waals surface area contributed by atoms with Crippen molar-refractivity contribution in [3.8, 4) is 0 Å². The molecule has 0 aromatic rings. The Balaban J connectivity index is 2.44. The summed E-state index contributed by atoms with van der Waals surface area (Å²) in [5, 5.41) is 0. The molecular formula is C9H17NO2S. The molecule has 13 heavy (non-hydrogen) atoms. The zero-order valence-electron chi connectivity index (χ0n) is 7.99. The Bertz CT molecular complexity index is 271. The van der Waals surface area contributed by atoms with E-state index in [0.29, 0.717) is 5.92 Å². The smallest absolute Gasteiger partial charge is 0.212 e. The van der Waals surface area contributed by atoms with E-state index < -0.39 is 10.0 Å². The van der Waals surface area contributed by atoms with Gasteiger partial charge in [-0.15, -0.1) is 6.58 Å². The van der Waals surface area contributed by atoms with E-state index in [1.54, 1.807) is 0 Å². The van der Waals surface area contributed by atoms with Gasteiger partial charge in [0.15, 0.2) is 0 Å². The zero-order valence-corrected chi connectivity index (χ0v) is 8.81. The average Bonchev–Trinajstić information content (AvgIpc) is 2.34. The minimum atomic E-state index is -3.11. The van der Waals surface area contributed by atoms with Crippen molar-refractivity contribution in [3.63, 3.8) is 0 Å². The number of rotatable bonds is 4. The summed E-state index contributed by atoms with van der Waals surface area (Å²) < 4.78 is 25.3. The van der Waals surface area contributed by atoms with Crippen LogP contribution in [0.4, 0.5) is 0 Å². The molecule has 3 nitrogen and oxygen atoms in total. The predicted octanol–water partition coefficient (Wildman–Crippen LogP) is 1.28. The molecule has 1 fully saturated rings. The molecule has 0 heterocycles. The van der Waals surface area contributed by atoms with E-state index in [-0.39, 0.29) is 11.8 Å². The first-order valence-electron chi connectivity index (χ1n) is 4.64. The van der Waals surface area contributed by atoms with Crippen molar-refractivity contribution in [2.45, 2.75) is 32.2 Å². The molecule has 4 heteroatoms. The second kappa shape index (κ2) is 4.24. The molecule has 0 aromatic heterocycles. The van der Waals surface area contributed by atoms with Crippen LogP contribution in [-0.4, -0.2) is 20.2 Å². The van der Waals surface area contributed by atoms with Crippen molar-refractivity contribution < 1.29 is 8.42 Å². The van der Waals surface area contributed by atoms with Gasteiger partial charge < -0.3 is 0 Å². The standard InChI is InChI=1S/C9H17NO2S/c1-3-6-13(11,12)10-9-5-4-8(2)7-9/h3,8-10H,1,4-7H2,2H3. The lowest BCUT2D eigenvalue weighted by Crippen LogP contribution is -2.34. The molecule has 2 atom stereocenters. The lowest BCUT2D eigenvalue weighted by atomic mass is 10.1. The van der Waals surface area contributed by atoms with Crippen LogP contribution in [0.3, 0.4) is 0 Å². The maximum atomic E-state index is 11.3. The van der Waals surface area contributed by atoms with Gasteiger partial charge in [0.1, 0.15) is 0 Å². The van der Waals surface area contributed by atoms with Gasteiger partial charge in [0.05, 0.1) is 5.75 Å². The van der Waals surface area contributed by atoms with E-state index in [9.17, 15) is 8.42 Å². The molecule has 0 radical (unpaired) electrons. The van der Waals surface area contributed by atoms with Crippen LogP contribution >= 0.6 is 0 Å². The first kappa shape index (κ1) is 10.7. The molecule has 1 saturated carbocycles. The summed E-state index contributed by atoms with van der Waals surface area (Å²) >= 11 is 0. The van der Waals surface area contributed by atoms with Crippen molar-refractivity contribution in [3.05, 3.63) is 12.7 Å². The summed E-state index contributed by atoms with van der Waals surface area (Å²) in [4.78, 5) is 0. The van der Waals surface area contributed by atoms with Crippen LogP contribution in [0.25, 0.3) is 0 Å². The van der Waals surface area contributed by atoms with Gasteiger partial charge in [0, 0.05) is 6.04 Å². The predicted molar refractivity (Wildman–Crippen MR) is 53.9 cm³/mol. The highest BCUT2D eigenvalue weighted by atomic mass is 32.2. The summed E-state index contributed by atoms with van der Waals surface area (Å²) in [6.07, 6.45) is 4.48. The third kappa shape index (κ3) is 3.48. The van der Waals surface area contributed by atoms with Crippen LogP contribution in [0.2, 0.25) is 0 Å². The normalized spacial score (nSPS) is 29.0. The molecule has 76 valence electrons. The van der Waals surface area contributed by atoms with Crippen LogP contribution in [-0.2, 0) is 10.0 Å². The van der Waals surface area contributed by atoms with Gasteiger partial charge in [-0.2, -0.15) is 0 Å². The van der Waals surface area contributed by atoms with Gasteiger partial charge in [-0.05, 0) is 25.2 Å². The van der Waals surface area contributed by atoms with Crippen LogP contribution in [0.1, 0.15) is 26.2 Å². The SMILES string of the molecule is C=CCS(=O)(=O)NC1CCC(C)C1. The minimum absolute atomic E-state index is 0.0257. The van der Waals surface area contributed by atoms with E-state index in [0.717, 1.165) is 19.3 Å². The Labute approximate surface area is 80.3 Å². The third-order valence-electron chi connectivity index (χ3n) is 2.38. The van der Waals surface area contributed by atoms with Crippen LogP contribution in [0.15, 0.2) is 12.7 Å². The zero-order chi connectivity index (χ0) is 9.90. The van der Waals surface area contributed by atoms with E-state index in [1.165, 1.54) is 6.08 Å². The Morgan fingerprint density at radius 3 is 2.69 bits per heavy atom. The molecule has 1 aliphatic rings. The van der Waals surface area contributed by atoms with Gasteiger partial charge >= 0.3 is 0 Å². The van der Waals surface area contributed by atoms with E-state index >= 15 is 0 Å². The lowest BCUT2D eigenvalue weighted by Gasteiger charge is -2.11. The quantitative estimate of drug-likeness (QED) is 0.700. The minimum Gasteiger partial charge on any atom is -0.212 e. The van der Waals surface area contributed by atoms with Gasteiger partial charge in [-0.3, -0.25) is 0 Å². The molecule has 1 aliphatic carbocycles. The Morgan fingerprint density at radius 1 is 1.54 bits per heavy atom. The molecule has 0 spiro atoms. The molecule has 0 aromatic carbocycles. The number of hydrogen-bond acceptors (Lipinski definition) is 2. The molecule has 0 bridgehead atoms. The second-order valence-electron chi connectivity index (χ2n) is 3.80. The second-order valence-corrected chi connectivity index (χ2v) is 5.60. The van der Waals surface area contributed by atoms with Crippen molar-refractivity contribution in [2.75, 3.05) is 5.75 Å². The largest absolute Gasteiger partial charge is 0.215 e. The van der Waals surface area contributed by atoms with Gasteiger partial charge in [0.2, 0.25) is 10.0 Å². The summed E-state index contributed by atoms with van der Waals surface area (Å²) in [5.74, 6) is 0.675. The van der Waals surface area contributed by atoms with Crippen LogP contribution in [0.5, 0.6) is 0 Å². The van der Waals surface area contributed by atoms with Gasteiger partial charge in [-0.25, -0.2) is 13.1 Å². The van der Waals surface area contributed by atoms with E-state index in [2.05, 4.69) is 18.2 Å². The summed E-state index contributed by atoms with van der Waals surface area (Å²) in [5.41, 5.74) is 0. The lowest BCUT2D eigenvalue weighted by molar-refractivity contribution is 0.540. The topological polar surface area (TPSA) is 46.2 Å². The summed E-state index contributed by atoms with van der Waals surface area (Å²) in [6.45, 7) is 5.57. The fourth-order valence-corrected chi connectivity index (χ4v) is 2.90. The highest BCUT2D eigenvalue weighted by Gasteiger charge is 2.24. The maximum Gasteiger partial charge on any atom is 0.215 e. The third-order valence-corrected chi connectivity index (χ3v) is 3.75. The van der Waals surface area contributed by atoms with Crippen molar-refractivity contribution in [1.29, 1.82) is 0 Å². The fraction of sp³-hybridized carbons (Fsp3) is 0.778. The molecular weight excluding hydrogens is 186 g/mol. The number of nitrogens with one attached hydrogen (secondary N) is 1. The van der Waals surface area contributed by atoms with E-state index in [4.69, 9.17) is 0 Å². The summed E-state index contributed by atoms with van der Waals surface area (Å²) in [7, 11) is -3.11. The number of sulfonamides is 1. The first-order valence-corrected chi connectivity index (χ1v) is 6.29. The Kier molecular flexibility index (Phi) is 3.50. The Morgan fingerprint density at radius 2 is 2.23 bits per heavy atom. The van der Waals surface area contributed by atoms with Crippen molar-refractivity contribution >= 4 is 10.0 Å². The number of hydrogen-bond donors (Lipinski definition) is 1. The molecule has 0 amide bonds. The maximum absolute atomic E-state index is 11.3. The average molecular weight is 203 g/mol. The monoisotopic (exact) mass is 203 g/mol. The van der Waals surface area contributed by atoms with Crippen LogP contribution in [0, 0.1) is 5.92 Å². The first-order chi connectivity index (χ1) is 6.03. The molecule has 1 rings (SSSR count). The van der Waals surface area contributed by atoms with Crippen molar-refractivity contribution in [1.82, 2.24) is 4.72 Å². The van der Waals surface area contributed by atoms with Crippen molar-refractivity contribution in [2.24, 2.45) is 5.92 Å². The summed E-state index contributed by atoms with van der Waals surface area (Å²) in [6, 6.07) is 0.153.